The molecule has 1 aliphatic rings. The maximum absolute atomic E-state index is 10.6. The Kier molecular flexibility index (Phi) is 3.18. The Bertz CT molecular complexity index is 688. The molecule has 2 aromatic rings. The third-order valence-electron chi connectivity index (χ3n) is 3.76. The lowest BCUT2D eigenvalue weighted by atomic mass is 9.94. The van der Waals surface area contributed by atoms with Crippen molar-refractivity contribution in [3.05, 3.63) is 31.1 Å². The normalized spacial score (nSPS) is 32.6. The summed E-state index contributed by atoms with van der Waals surface area (Å²) in [5.41, 5.74) is 4.29. The van der Waals surface area contributed by atoms with E-state index in [1.807, 2.05) is 0 Å². The van der Waals surface area contributed by atoms with Gasteiger partial charge in [-0.05, 0) is 6.07 Å². The molecule has 21 heavy (non-hydrogen) atoms. The molecule has 8 heteroatoms. The van der Waals surface area contributed by atoms with E-state index in [1.54, 1.807) is 18.5 Å². The molecule has 112 valence electrons. The van der Waals surface area contributed by atoms with Crippen LogP contribution >= 0.6 is 0 Å². The maximum atomic E-state index is 10.6. The SMILES string of the molecule is C=C[C@@]1(O)[C@H](O)[C@@H](CO)O[C@H]1n1ccc2cnc(N)nc21. The molecule has 1 fully saturated rings. The van der Waals surface area contributed by atoms with E-state index in [1.165, 1.54) is 10.6 Å². The molecule has 0 unspecified atom stereocenters. The highest BCUT2D eigenvalue weighted by Crippen LogP contribution is 2.40. The van der Waals surface area contributed by atoms with Crippen LogP contribution in [0.5, 0.6) is 0 Å². The lowest BCUT2D eigenvalue weighted by molar-refractivity contribution is -0.0768. The molecule has 0 bridgehead atoms. The first kappa shape index (κ1) is 14.0. The molecule has 0 aromatic carbocycles. The van der Waals surface area contributed by atoms with Gasteiger partial charge in [0.25, 0.3) is 0 Å². The van der Waals surface area contributed by atoms with Crippen LogP contribution < -0.4 is 5.73 Å². The molecule has 2 aromatic heterocycles. The molecule has 3 heterocycles. The quantitative estimate of drug-likeness (QED) is 0.544. The monoisotopic (exact) mass is 292 g/mol. The van der Waals surface area contributed by atoms with E-state index in [-0.39, 0.29) is 5.95 Å². The van der Waals surface area contributed by atoms with E-state index in [0.29, 0.717) is 11.0 Å². The first-order valence-corrected chi connectivity index (χ1v) is 6.40. The van der Waals surface area contributed by atoms with Crippen LogP contribution in [0.3, 0.4) is 0 Å². The second-order valence-corrected chi connectivity index (χ2v) is 4.98. The van der Waals surface area contributed by atoms with E-state index in [0.717, 1.165) is 0 Å². The summed E-state index contributed by atoms with van der Waals surface area (Å²) in [5, 5.41) is 30.7. The van der Waals surface area contributed by atoms with Crippen molar-refractivity contribution in [2.24, 2.45) is 0 Å². The van der Waals surface area contributed by atoms with Crippen LogP contribution in [0.2, 0.25) is 0 Å². The van der Waals surface area contributed by atoms with Crippen LogP contribution in [-0.2, 0) is 4.74 Å². The Labute approximate surface area is 120 Å². The first-order chi connectivity index (χ1) is 10.0. The number of nitrogen functional groups attached to an aromatic ring is 1. The Balaban J connectivity index is 2.13. The average Bonchev–Trinajstić information content (AvgIpc) is 2.99. The molecular formula is C13H16N4O4. The number of nitrogens with two attached hydrogens (primary N) is 1. The number of fused-ring (bicyclic) bond motifs is 1. The number of anilines is 1. The molecule has 0 radical (unpaired) electrons. The van der Waals surface area contributed by atoms with Crippen molar-refractivity contribution in [3.63, 3.8) is 0 Å². The third-order valence-corrected chi connectivity index (χ3v) is 3.76. The highest BCUT2D eigenvalue weighted by Gasteiger charge is 2.54. The molecule has 5 N–H and O–H groups in total. The first-order valence-electron chi connectivity index (χ1n) is 6.40. The number of hydrogen-bond donors (Lipinski definition) is 4. The van der Waals surface area contributed by atoms with Crippen molar-refractivity contribution in [1.29, 1.82) is 0 Å². The van der Waals surface area contributed by atoms with E-state index in [9.17, 15) is 15.3 Å². The van der Waals surface area contributed by atoms with Crippen molar-refractivity contribution in [2.75, 3.05) is 12.3 Å². The number of ether oxygens (including phenoxy) is 1. The minimum atomic E-state index is -1.75. The number of aliphatic hydroxyl groups is 3. The average molecular weight is 292 g/mol. The summed E-state index contributed by atoms with van der Waals surface area (Å²) in [6.07, 6.45) is 1.19. The van der Waals surface area contributed by atoms with Crippen LogP contribution in [0, 0.1) is 0 Å². The van der Waals surface area contributed by atoms with Crippen molar-refractivity contribution >= 4 is 17.0 Å². The van der Waals surface area contributed by atoms with Crippen LogP contribution in [-0.4, -0.2) is 54.3 Å². The van der Waals surface area contributed by atoms with Crippen LogP contribution in [0.4, 0.5) is 5.95 Å². The summed E-state index contributed by atoms with van der Waals surface area (Å²) in [6.45, 7) is 3.12. The van der Waals surface area contributed by atoms with E-state index >= 15 is 0 Å². The van der Waals surface area contributed by atoms with Gasteiger partial charge in [0, 0.05) is 17.8 Å². The fourth-order valence-corrected chi connectivity index (χ4v) is 2.59. The number of aliphatic hydroxyl groups excluding tert-OH is 2. The van der Waals surface area contributed by atoms with Gasteiger partial charge in [-0.3, -0.25) is 0 Å². The van der Waals surface area contributed by atoms with Gasteiger partial charge in [0.05, 0.1) is 6.61 Å². The Morgan fingerprint density at radius 2 is 2.33 bits per heavy atom. The van der Waals surface area contributed by atoms with E-state index in [4.69, 9.17) is 10.5 Å². The van der Waals surface area contributed by atoms with Gasteiger partial charge >= 0.3 is 0 Å². The highest BCUT2D eigenvalue weighted by molar-refractivity contribution is 5.76. The molecule has 1 aliphatic heterocycles. The molecule has 0 spiro atoms. The smallest absolute Gasteiger partial charge is 0.221 e. The number of hydrogen-bond acceptors (Lipinski definition) is 7. The van der Waals surface area contributed by atoms with E-state index in [2.05, 4.69) is 16.5 Å². The minimum absolute atomic E-state index is 0.0850. The Hall–Kier alpha value is -2.00. The second-order valence-electron chi connectivity index (χ2n) is 4.98. The zero-order valence-corrected chi connectivity index (χ0v) is 11.1. The minimum Gasteiger partial charge on any atom is -0.394 e. The van der Waals surface area contributed by atoms with Crippen molar-refractivity contribution in [1.82, 2.24) is 14.5 Å². The summed E-state index contributed by atoms with van der Waals surface area (Å²) in [7, 11) is 0. The largest absolute Gasteiger partial charge is 0.394 e. The molecule has 0 saturated carbocycles. The fourth-order valence-electron chi connectivity index (χ4n) is 2.59. The standard InChI is InChI=1S/C13H16N4O4/c1-2-13(20)9(19)8(6-18)21-11(13)17-4-3-7-5-15-12(14)16-10(7)17/h2-5,8-9,11,18-20H,1,6H2,(H2,14,15,16)/t8-,9-,11-,13-/m1/s1. The van der Waals surface area contributed by atoms with Gasteiger partial charge < -0.3 is 30.4 Å². The summed E-state index contributed by atoms with van der Waals surface area (Å²) >= 11 is 0. The highest BCUT2D eigenvalue weighted by atomic mass is 16.6. The molecule has 8 nitrogen and oxygen atoms in total. The topological polar surface area (TPSA) is 127 Å². The predicted octanol–water partition coefficient (Wildman–Crippen LogP) is -0.819. The van der Waals surface area contributed by atoms with Gasteiger partial charge in [-0.2, -0.15) is 4.98 Å². The lowest BCUT2D eigenvalue weighted by Crippen LogP contribution is -2.45. The zero-order valence-electron chi connectivity index (χ0n) is 11.1. The fraction of sp³-hybridized carbons (Fsp3) is 0.385. The summed E-state index contributed by atoms with van der Waals surface area (Å²) in [6, 6.07) is 1.74. The molecule has 0 amide bonds. The molecule has 4 atom stereocenters. The van der Waals surface area contributed by atoms with Crippen LogP contribution in [0.15, 0.2) is 31.1 Å². The Morgan fingerprint density at radius 1 is 1.57 bits per heavy atom. The molecule has 0 aliphatic carbocycles. The van der Waals surface area contributed by atoms with Gasteiger partial charge in [-0.15, -0.1) is 0 Å². The van der Waals surface area contributed by atoms with Gasteiger partial charge in [0.15, 0.2) is 11.8 Å². The number of nitrogens with zero attached hydrogens (tertiary/aromatic N) is 3. The van der Waals surface area contributed by atoms with Crippen molar-refractivity contribution in [2.45, 2.75) is 24.0 Å². The zero-order chi connectivity index (χ0) is 15.2. The predicted molar refractivity (Wildman–Crippen MR) is 74.1 cm³/mol. The summed E-state index contributed by atoms with van der Waals surface area (Å²) in [5.74, 6) is 0.0850. The summed E-state index contributed by atoms with van der Waals surface area (Å²) in [4.78, 5) is 8.01. The second kappa shape index (κ2) is 4.78. The molecule has 3 rings (SSSR count). The lowest BCUT2D eigenvalue weighted by Gasteiger charge is -2.28. The molecular weight excluding hydrogens is 276 g/mol. The van der Waals surface area contributed by atoms with Crippen molar-refractivity contribution < 1.29 is 20.1 Å². The Morgan fingerprint density at radius 3 is 3.00 bits per heavy atom. The van der Waals surface area contributed by atoms with Crippen molar-refractivity contribution in [3.8, 4) is 0 Å². The van der Waals surface area contributed by atoms with Gasteiger partial charge in [-0.25, -0.2) is 4.98 Å². The maximum Gasteiger partial charge on any atom is 0.221 e. The number of aromatic nitrogens is 3. The number of rotatable bonds is 3. The third kappa shape index (κ3) is 1.92. The van der Waals surface area contributed by atoms with Gasteiger partial charge in [0.2, 0.25) is 5.95 Å². The van der Waals surface area contributed by atoms with E-state index < -0.39 is 30.6 Å². The van der Waals surface area contributed by atoms with Crippen LogP contribution in [0.1, 0.15) is 6.23 Å². The van der Waals surface area contributed by atoms with Gasteiger partial charge in [-0.1, -0.05) is 12.7 Å². The summed E-state index contributed by atoms with van der Waals surface area (Å²) < 4.78 is 7.10. The van der Waals surface area contributed by atoms with Gasteiger partial charge in [0.1, 0.15) is 17.9 Å². The molecule has 1 saturated heterocycles. The van der Waals surface area contributed by atoms with Crippen LogP contribution in [0.25, 0.3) is 11.0 Å².